The summed E-state index contributed by atoms with van der Waals surface area (Å²) in [6.45, 7) is 0. The summed E-state index contributed by atoms with van der Waals surface area (Å²) < 4.78 is 13.9. The number of hydrogen-bond acceptors (Lipinski definition) is 2. The Bertz CT molecular complexity index is 357. The van der Waals surface area contributed by atoms with Crippen LogP contribution in [0.2, 0.25) is 0 Å². The van der Waals surface area contributed by atoms with Crippen LogP contribution in [0.3, 0.4) is 0 Å². The van der Waals surface area contributed by atoms with Crippen LogP contribution in [0.15, 0.2) is 22.7 Å². The van der Waals surface area contributed by atoms with Crippen molar-refractivity contribution >= 4 is 21.9 Å². The third-order valence-electron chi connectivity index (χ3n) is 1.81. The maximum absolute atomic E-state index is 13.3. The van der Waals surface area contributed by atoms with E-state index in [0.29, 0.717) is 4.47 Å². The van der Waals surface area contributed by atoms with Crippen molar-refractivity contribution in [1.82, 2.24) is 5.32 Å². The van der Waals surface area contributed by atoms with E-state index in [-0.39, 0.29) is 5.56 Å². The number of carbonyl (C=O) groups is 1. The summed E-state index contributed by atoms with van der Waals surface area (Å²) >= 11 is 3.10. The molecule has 2 N–H and O–H groups in total. The summed E-state index contributed by atoms with van der Waals surface area (Å²) in [6.07, 6.45) is 0. The maximum atomic E-state index is 13.3. The van der Waals surface area contributed by atoms with Crippen molar-refractivity contribution in [3.05, 3.63) is 34.1 Å². The first-order valence-electron chi connectivity index (χ1n) is 3.91. The Morgan fingerprint density at radius 3 is 2.71 bits per heavy atom. The van der Waals surface area contributed by atoms with Crippen LogP contribution in [0, 0.1) is 5.82 Å². The Morgan fingerprint density at radius 2 is 2.29 bits per heavy atom. The summed E-state index contributed by atoms with van der Waals surface area (Å²) in [7, 11) is 1.47. The molecule has 14 heavy (non-hydrogen) atoms. The Kier molecular flexibility index (Phi) is 3.60. The highest BCUT2D eigenvalue weighted by Crippen LogP contribution is 2.20. The first-order chi connectivity index (χ1) is 6.56. The number of benzene rings is 1. The Hall–Kier alpha value is -0.940. The summed E-state index contributed by atoms with van der Waals surface area (Å²) in [5, 5.41) is 11.3. The van der Waals surface area contributed by atoms with Gasteiger partial charge in [-0.05, 0) is 19.2 Å². The molecule has 0 spiro atoms. The van der Waals surface area contributed by atoms with Crippen LogP contribution in [-0.2, 0) is 4.79 Å². The highest BCUT2D eigenvalue weighted by atomic mass is 79.9. The van der Waals surface area contributed by atoms with E-state index in [1.807, 2.05) is 0 Å². The average molecular weight is 262 g/mol. The van der Waals surface area contributed by atoms with Gasteiger partial charge in [0.15, 0.2) is 0 Å². The third-order valence-corrected chi connectivity index (χ3v) is 2.30. The van der Waals surface area contributed by atoms with E-state index in [2.05, 4.69) is 21.2 Å². The fraction of sp³-hybridized carbons (Fsp3) is 0.222. The number of carboxylic acids is 1. The van der Waals surface area contributed by atoms with Gasteiger partial charge in [-0.15, -0.1) is 0 Å². The molecule has 5 heteroatoms. The molecule has 1 unspecified atom stereocenters. The second-order valence-electron chi connectivity index (χ2n) is 2.73. The lowest BCUT2D eigenvalue weighted by Crippen LogP contribution is -2.25. The van der Waals surface area contributed by atoms with Crippen molar-refractivity contribution in [3.8, 4) is 0 Å². The molecule has 0 saturated carbocycles. The van der Waals surface area contributed by atoms with Crippen molar-refractivity contribution < 1.29 is 14.3 Å². The van der Waals surface area contributed by atoms with Gasteiger partial charge < -0.3 is 10.4 Å². The fourth-order valence-electron chi connectivity index (χ4n) is 1.15. The average Bonchev–Trinajstić information content (AvgIpc) is 2.09. The summed E-state index contributed by atoms with van der Waals surface area (Å²) in [5.41, 5.74) is 0.128. The van der Waals surface area contributed by atoms with E-state index < -0.39 is 17.8 Å². The minimum absolute atomic E-state index is 0.128. The minimum atomic E-state index is -1.10. The van der Waals surface area contributed by atoms with Gasteiger partial charge in [0.25, 0.3) is 0 Å². The van der Waals surface area contributed by atoms with Gasteiger partial charge in [0.2, 0.25) is 0 Å². The molecule has 0 aliphatic rings. The molecule has 1 atom stereocenters. The summed E-state index contributed by atoms with van der Waals surface area (Å²) in [4.78, 5) is 10.7. The number of hydrogen-bond donors (Lipinski definition) is 2. The zero-order valence-electron chi connectivity index (χ0n) is 7.42. The zero-order chi connectivity index (χ0) is 10.7. The maximum Gasteiger partial charge on any atom is 0.325 e. The number of nitrogens with one attached hydrogen (secondary N) is 1. The number of aliphatic carboxylic acids is 1. The highest BCUT2D eigenvalue weighted by molar-refractivity contribution is 9.10. The largest absolute Gasteiger partial charge is 0.480 e. The van der Waals surface area contributed by atoms with Gasteiger partial charge in [-0.2, -0.15) is 0 Å². The molecule has 0 fully saturated rings. The Balaban J connectivity index is 3.10. The molecule has 3 nitrogen and oxygen atoms in total. The fourth-order valence-corrected chi connectivity index (χ4v) is 1.48. The van der Waals surface area contributed by atoms with Gasteiger partial charge in [-0.3, -0.25) is 4.79 Å². The lowest BCUT2D eigenvalue weighted by molar-refractivity contribution is -0.139. The lowest BCUT2D eigenvalue weighted by Gasteiger charge is -2.12. The SMILES string of the molecule is CNC(C(=O)O)c1ccc(Br)cc1F. The molecule has 0 bridgehead atoms. The predicted octanol–water partition coefficient (Wildman–Crippen LogP) is 1.93. The van der Waals surface area contributed by atoms with E-state index >= 15 is 0 Å². The first-order valence-corrected chi connectivity index (χ1v) is 4.70. The van der Waals surface area contributed by atoms with Crippen LogP contribution in [-0.4, -0.2) is 18.1 Å². The molecule has 76 valence electrons. The molecule has 0 radical (unpaired) electrons. The van der Waals surface area contributed by atoms with E-state index in [4.69, 9.17) is 5.11 Å². The quantitative estimate of drug-likeness (QED) is 0.875. The van der Waals surface area contributed by atoms with Crippen molar-refractivity contribution in [2.45, 2.75) is 6.04 Å². The smallest absolute Gasteiger partial charge is 0.325 e. The summed E-state index contributed by atoms with van der Waals surface area (Å²) in [6, 6.07) is 3.27. The normalized spacial score (nSPS) is 12.5. The molecule has 1 rings (SSSR count). The number of carboxylic acid groups (broad SMARTS) is 1. The highest BCUT2D eigenvalue weighted by Gasteiger charge is 2.20. The van der Waals surface area contributed by atoms with Crippen molar-refractivity contribution in [2.24, 2.45) is 0 Å². The van der Waals surface area contributed by atoms with Crippen LogP contribution >= 0.6 is 15.9 Å². The van der Waals surface area contributed by atoms with E-state index in [1.54, 1.807) is 6.07 Å². The van der Waals surface area contributed by atoms with Gasteiger partial charge in [-0.25, -0.2) is 4.39 Å². The Morgan fingerprint density at radius 1 is 1.64 bits per heavy atom. The van der Waals surface area contributed by atoms with Gasteiger partial charge in [0.1, 0.15) is 11.9 Å². The molecule has 0 aliphatic carbocycles. The topological polar surface area (TPSA) is 49.3 Å². The van der Waals surface area contributed by atoms with Crippen molar-refractivity contribution in [2.75, 3.05) is 7.05 Å². The summed E-state index contributed by atoms with van der Waals surface area (Å²) in [5.74, 6) is -1.64. The molecular weight excluding hydrogens is 253 g/mol. The molecule has 1 aromatic carbocycles. The molecule has 0 aliphatic heterocycles. The first kappa shape index (κ1) is 11.1. The second-order valence-corrected chi connectivity index (χ2v) is 3.64. The number of likely N-dealkylation sites (N-methyl/N-ethyl adjacent to an activating group) is 1. The second kappa shape index (κ2) is 4.52. The van der Waals surface area contributed by atoms with Crippen LogP contribution < -0.4 is 5.32 Å². The van der Waals surface area contributed by atoms with Crippen LogP contribution in [0.5, 0.6) is 0 Å². The van der Waals surface area contributed by atoms with Crippen molar-refractivity contribution in [3.63, 3.8) is 0 Å². The van der Waals surface area contributed by atoms with E-state index in [1.165, 1.54) is 19.2 Å². The molecule has 0 amide bonds. The predicted molar refractivity (Wildman–Crippen MR) is 53.5 cm³/mol. The van der Waals surface area contributed by atoms with E-state index in [9.17, 15) is 9.18 Å². The zero-order valence-corrected chi connectivity index (χ0v) is 9.01. The van der Waals surface area contributed by atoms with Crippen molar-refractivity contribution in [1.29, 1.82) is 0 Å². The number of rotatable bonds is 3. The van der Waals surface area contributed by atoms with Gasteiger partial charge in [0, 0.05) is 10.0 Å². The van der Waals surface area contributed by atoms with E-state index in [0.717, 1.165) is 0 Å². The molecule has 0 aromatic heterocycles. The number of halogens is 2. The van der Waals surface area contributed by atoms with Crippen LogP contribution in [0.4, 0.5) is 4.39 Å². The molecular formula is C9H9BrFNO2. The van der Waals surface area contributed by atoms with Gasteiger partial charge in [-0.1, -0.05) is 22.0 Å². The van der Waals surface area contributed by atoms with Crippen LogP contribution in [0.25, 0.3) is 0 Å². The third kappa shape index (κ3) is 2.30. The monoisotopic (exact) mass is 261 g/mol. The standard InChI is InChI=1S/C9H9BrFNO2/c1-12-8(9(13)14)6-3-2-5(10)4-7(6)11/h2-4,8,12H,1H3,(H,13,14). The minimum Gasteiger partial charge on any atom is -0.480 e. The van der Waals surface area contributed by atoms with Crippen LogP contribution in [0.1, 0.15) is 11.6 Å². The van der Waals surface area contributed by atoms with Gasteiger partial charge in [0.05, 0.1) is 0 Å². The molecule has 0 saturated heterocycles. The Labute approximate surface area is 89.1 Å². The lowest BCUT2D eigenvalue weighted by atomic mass is 10.1. The van der Waals surface area contributed by atoms with Gasteiger partial charge >= 0.3 is 5.97 Å². The molecule has 1 aromatic rings. The molecule has 0 heterocycles.